The zero-order chi connectivity index (χ0) is 31.4. The fourth-order valence-corrected chi connectivity index (χ4v) is 4.68. The summed E-state index contributed by atoms with van der Waals surface area (Å²) in [6.07, 6.45) is -0.825. The summed E-state index contributed by atoms with van der Waals surface area (Å²) in [5, 5.41) is 7.93. The topological polar surface area (TPSA) is 143 Å². The third-order valence-corrected chi connectivity index (χ3v) is 6.80. The Labute approximate surface area is 252 Å². The van der Waals surface area contributed by atoms with Crippen LogP contribution in [-0.2, 0) is 37.1 Å². The van der Waals surface area contributed by atoms with Crippen molar-refractivity contribution in [1.82, 2.24) is 20.9 Å². The van der Waals surface area contributed by atoms with E-state index in [1.807, 2.05) is 88.4 Å². The van der Waals surface area contributed by atoms with Crippen LogP contribution in [-0.4, -0.2) is 65.9 Å². The van der Waals surface area contributed by atoms with E-state index in [0.717, 1.165) is 11.1 Å². The first-order chi connectivity index (χ1) is 20.5. The highest BCUT2D eigenvalue weighted by molar-refractivity contribution is 5.98. The maximum atomic E-state index is 13.4. The molecule has 3 rings (SSSR count). The van der Waals surface area contributed by atoms with Crippen LogP contribution >= 0.6 is 0 Å². The number of nitrogens with one attached hydrogen (secondary N) is 3. The van der Waals surface area contributed by atoms with E-state index in [-0.39, 0.29) is 43.9 Å². The van der Waals surface area contributed by atoms with E-state index < -0.39 is 42.1 Å². The molecule has 1 aliphatic rings. The molecule has 3 atom stereocenters. The first-order valence-corrected chi connectivity index (χ1v) is 14.6. The molecule has 1 fully saturated rings. The number of carbonyl (C=O) groups excluding carboxylic acids is 5. The second-order valence-electron chi connectivity index (χ2n) is 11.5. The van der Waals surface area contributed by atoms with E-state index in [2.05, 4.69) is 16.0 Å². The van der Waals surface area contributed by atoms with Gasteiger partial charge in [0.1, 0.15) is 31.3 Å². The van der Waals surface area contributed by atoms with E-state index in [0.29, 0.717) is 12.8 Å². The van der Waals surface area contributed by atoms with Crippen molar-refractivity contribution in [2.45, 2.75) is 71.9 Å². The molecule has 43 heavy (non-hydrogen) atoms. The molecule has 0 radical (unpaired) electrons. The van der Waals surface area contributed by atoms with Gasteiger partial charge in [0, 0.05) is 6.54 Å². The number of amides is 4. The average Bonchev–Trinajstić information content (AvgIpc) is 3.34. The molecule has 0 aliphatic carbocycles. The van der Waals surface area contributed by atoms with Gasteiger partial charge in [0.15, 0.2) is 5.78 Å². The summed E-state index contributed by atoms with van der Waals surface area (Å²) in [7, 11) is 0. The molecule has 0 aromatic heterocycles. The van der Waals surface area contributed by atoms with Crippen LogP contribution in [0, 0.1) is 11.8 Å². The van der Waals surface area contributed by atoms with Crippen molar-refractivity contribution in [3.8, 4) is 0 Å². The van der Waals surface area contributed by atoms with Crippen molar-refractivity contribution in [2.75, 3.05) is 13.1 Å². The molecule has 0 saturated carbocycles. The summed E-state index contributed by atoms with van der Waals surface area (Å²) in [6.45, 7) is 7.50. The molecule has 2 aromatic rings. The van der Waals surface area contributed by atoms with Gasteiger partial charge in [0.2, 0.25) is 11.8 Å². The molecule has 11 heteroatoms. The summed E-state index contributed by atoms with van der Waals surface area (Å²) in [5.74, 6) is -1.18. The van der Waals surface area contributed by atoms with Crippen molar-refractivity contribution in [2.24, 2.45) is 11.8 Å². The van der Waals surface area contributed by atoms with Crippen molar-refractivity contribution >= 4 is 29.8 Å². The molecule has 4 amide bonds. The quantitative estimate of drug-likeness (QED) is 0.322. The van der Waals surface area contributed by atoms with E-state index in [1.54, 1.807) is 0 Å². The fraction of sp³-hybridized carbons (Fsp3) is 0.469. The highest BCUT2D eigenvalue weighted by Crippen LogP contribution is 2.15. The fourth-order valence-electron chi connectivity index (χ4n) is 4.68. The number of alkyl carbamates (subject to hydrolysis) is 2. The summed E-state index contributed by atoms with van der Waals surface area (Å²) >= 11 is 0. The van der Waals surface area contributed by atoms with Gasteiger partial charge in [-0.3, -0.25) is 14.4 Å². The molecule has 11 nitrogen and oxygen atoms in total. The maximum absolute atomic E-state index is 13.4. The van der Waals surface area contributed by atoms with E-state index >= 15 is 0 Å². The Balaban J connectivity index is 1.57. The third-order valence-electron chi connectivity index (χ3n) is 6.80. The normalized spacial score (nSPS) is 16.0. The lowest BCUT2D eigenvalue weighted by atomic mass is 10.0. The van der Waals surface area contributed by atoms with Crippen LogP contribution in [0.3, 0.4) is 0 Å². The highest BCUT2D eigenvalue weighted by Gasteiger charge is 2.39. The largest absolute Gasteiger partial charge is 0.445 e. The first kappa shape index (κ1) is 33.1. The highest BCUT2D eigenvalue weighted by atomic mass is 16.6. The van der Waals surface area contributed by atoms with Crippen LogP contribution in [0.2, 0.25) is 0 Å². The van der Waals surface area contributed by atoms with Crippen molar-refractivity contribution < 1.29 is 33.4 Å². The van der Waals surface area contributed by atoms with Crippen molar-refractivity contribution in [3.63, 3.8) is 0 Å². The Morgan fingerprint density at radius 1 is 0.767 bits per heavy atom. The van der Waals surface area contributed by atoms with Gasteiger partial charge in [-0.1, -0.05) is 88.4 Å². The maximum Gasteiger partial charge on any atom is 0.408 e. The number of carbonyl (C=O) groups is 5. The van der Waals surface area contributed by atoms with Gasteiger partial charge in [-0.2, -0.15) is 0 Å². The Kier molecular flexibility index (Phi) is 12.5. The summed E-state index contributed by atoms with van der Waals surface area (Å²) in [5.41, 5.74) is 1.61. The minimum Gasteiger partial charge on any atom is -0.445 e. The first-order valence-electron chi connectivity index (χ1n) is 14.6. The van der Waals surface area contributed by atoms with Gasteiger partial charge in [0.25, 0.3) is 0 Å². The summed E-state index contributed by atoms with van der Waals surface area (Å²) in [6, 6.07) is 15.5. The molecule has 1 aliphatic heterocycles. The van der Waals surface area contributed by atoms with E-state index in [1.165, 1.54) is 4.90 Å². The van der Waals surface area contributed by atoms with Gasteiger partial charge < -0.3 is 30.3 Å². The smallest absolute Gasteiger partial charge is 0.408 e. The second kappa shape index (κ2) is 16.3. The third kappa shape index (κ3) is 11.1. The number of hydrogen-bond donors (Lipinski definition) is 3. The zero-order valence-corrected chi connectivity index (χ0v) is 25.2. The number of rotatable bonds is 13. The Hall–Kier alpha value is -4.41. The molecular formula is C32H42N4O7. The lowest BCUT2D eigenvalue weighted by Gasteiger charge is -2.25. The lowest BCUT2D eigenvalue weighted by Crippen LogP contribution is -2.53. The monoisotopic (exact) mass is 594 g/mol. The second-order valence-corrected chi connectivity index (χ2v) is 11.5. The van der Waals surface area contributed by atoms with Gasteiger partial charge >= 0.3 is 12.2 Å². The molecule has 2 aromatic carbocycles. The predicted molar refractivity (Wildman–Crippen MR) is 160 cm³/mol. The van der Waals surface area contributed by atoms with Crippen LogP contribution in [0.5, 0.6) is 0 Å². The van der Waals surface area contributed by atoms with Crippen LogP contribution in [0.15, 0.2) is 60.7 Å². The van der Waals surface area contributed by atoms with Crippen molar-refractivity contribution in [1.29, 1.82) is 0 Å². The zero-order valence-electron chi connectivity index (χ0n) is 25.2. The number of ether oxygens (including phenoxy) is 2. The molecular weight excluding hydrogens is 552 g/mol. The van der Waals surface area contributed by atoms with Crippen LogP contribution in [0.4, 0.5) is 9.59 Å². The Morgan fingerprint density at radius 3 is 1.72 bits per heavy atom. The molecule has 3 N–H and O–H groups in total. The van der Waals surface area contributed by atoms with Crippen LogP contribution < -0.4 is 16.0 Å². The minimum atomic E-state index is -0.946. The number of Topliss-reactive ketones (excluding diaryl/α,β-unsaturated/α-hetero) is 1. The molecule has 0 unspecified atom stereocenters. The van der Waals surface area contributed by atoms with E-state index in [4.69, 9.17) is 9.47 Å². The predicted octanol–water partition coefficient (Wildman–Crippen LogP) is 3.56. The standard InChI is InChI=1S/C32H42N4O7/c1-21(2)15-25(34-31(40)42-19-23-11-7-5-8-12-23)29(38)33-27-17-36(18-28(27)37)30(39)26(16-22(3)4)35-32(41)43-20-24-13-9-6-10-14-24/h5-14,21-22,25-27H,15-20H2,1-4H3,(H,33,38)(H,34,40)(H,35,41)/t25-,26-,27+/m0/s1. The Morgan fingerprint density at radius 2 is 1.23 bits per heavy atom. The van der Waals surface area contributed by atoms with Crippen LogP contribution in [0.1, 0.15) is 51.7 Å². The number of nitrogens with zero attached hydrogens (tertiary/aromatic N) is 1. The number of ketones is 1. The van der Waals surface area contributed by atoms with Gasteiger partial charge in [-0.05, 0) is 35.8 Å². The van der Waals surface area contributed by atoms with Gasteiger partial charge in [-0.15, -0.1) is 0 Å². The van der Waals surface area contributed by atoms with Crippen LogP contribution in [0.25, 0.3) is 0 Å². The molecule has 1 heterocycles. The molecule has 1 saturated heterocycles. The van der Waals surface area contributed by atoms with Crippen molar-refractivity contribution in [3.05, 3.63) is 71.8 Å². The minimum absolute atomic E-state index is 0.0479. The number of benzene rings is 2. The molecule has 232 valence electrons. The molecule has 0 spiro atoms. The SMILES string of the molecule is CC(C)C[C@H](NC(=O)OCc1ccccc1)C(=O)N[C@@H]1CN(C(=O)[C@H](CC(C)C)NC(=O)OCc2ccccc2)CC1=O. The Bertz CT molecular complexity index is 1240. The lowest BCUT2D eigenvalue weighted by molar-refractivity contribution is -0.134. The summed E-state index contributed by atoms with van der Waals surface area (Å²) in [4.78, 5) is 65.7. The van der Waals surface area contributed by atoms with E-state index in [9.17, 15) is 24.0 Å². The molecule has 0 bridgehead atoms. The summed E-state index contributed by atoms with van der Waals surface area (Å²) < 4.78 is 10.6. The number of likely N-dealkylation sites (tertiary alicyclic amines) is 1. The average molecular weight is 595 g/mol. The van der Waals surface area contributed by atoms with Gasteiger partial charge in [-0.25, -0.2) is 9.59 Å². The number of hydrogen-bond acceptors (Lipinski definition) is 7. The van der Waals surface area contributed by atoms with Gasteiger partial charge in [0.05, 0.1) is 6.54 Å².